The molecule has 0 bridgehead atoms. The minimum absolute atomic E-state index is 0.0412. The number of cyclic esters (lactones) is 1. The van der Waals surface area contributed by atoms with E-state index in [9.17, 15) is 9.59 Å². The average molecular weight is 246 g/mol. The number of Topliss-reactive ketones (excluding diaryl/α,β-unsaturated/α-hetero) is 1. The van der Waals surface area contributed by atoms with Gasteiger partial charge in [0, 0.05) is 19.4 Å². The van der Waals surface area contributed by atoms with Crippen LogP contribution in [0.1, 0.15) is 26.3 Å². The number of benzene rings is 1. The molecule has 4 nitrogen and oxygen atoms in total. The van der Waals surface area contributed by atoms with Crippen molar-refractivity contribution in [1.29, 1.82) is 0 Å². The zero-order valence-corrected chi connectivity index (χ0v) is 10.5. The average Bonchev–Trinajstić information content (AvgIpc) is 2.27. The van der Waals surface area contributed by atoms with E-state index in [1.807, 2.05) is 18.2 Å². The molecule has 1 aliphatic rings. The van der Waals surface area contributed by atoms with Gasteiger partial charge in [0.2, 0.25) is 5.79 Å². The fourth-order valence-electron chi connectivity index (χ4n) is 1.78. The molecule has 0 unspecified atom stereocenters. The van der Waals surface area contributed by atoms with Crippen LogP contribution in [0.15, 0.2) is 35.9 Å². The van der Waals surface area contributed by atoms with Gasteiger partial charge in [0.05, 0.1) is 0 Å². The van der Waals surface area contributed by atoms with Gasteiger partial charge < -0.3 is 9.47 Å². The summed E-state index contributed by atoms with van der Waals surface area (Å²) in [5.41, 5.74) is 0.646. The number of carbonyl (C=O) groups excluding carboxylic acids is 2. The molecule has 0 N–H and O–H groups in total. The van der Waals surface area contributed by atoms with Crippen LogP contribution in [0.2, 0.25) is 0 Å². The molecule has 0 saturated heterocycles. The third kappa shape index (κ3) is 2.27. The fourth-order valence-corrected chi connectivity index (χ4v) is 1.78. The molecular weight excluding hydrogens is 232 g/mol. The number of hydrogen-bond donors (Lipinski definition) is 0. The molecule has 0 fully saturated rings. The zero-order valence-electron chi connectivity index (χ0n) is 10.5. The first-order valence-corrected chi connectivity index (χ1v) is 5.64. The van der Waals surface area contributed by atoms with Crippen molar-refractivity contribution in [2.24, 2.45) is 0 Å². The van der Waals surface area contributed by atoms with Crippen molar-refractivity contribution < 1.29 is 19.1 Å². The molecule has 1 aromatic rings. The Hall–Kier alpha value is -2.10. The SMILES string of the molecule is CC(=O)C1=C(c2ccccc2)OC(C)(C)OC1=O. The quantitative estimate of drug-likeness (QED) is 0.593. The van der Waals surface area contributed by atoms with E-state index in [-0.39, 0.29) is 17.1 Å². The number of esters is 1. The summed E-state index contributed by atoms with van der Waals surface area (Å²) in [6.45, 7) is 4.58. The van der Waals surface area contributed by atoms with Crippen molar-refractivity contribution in [2.45, 2.75) is 26.6 Å². The van der Waals surface area contributed by atoms with E-state index in [1.165, 1.54) is 6.92 Å². The molecule has 0 amide bonds. The molecule has 4 heteroatoms. The largest absolute Gasteiger partial charge is 0.451 e. The lowest BCUT2D eigenvalue weighted by atomic mass is 10.0. The summed E-state index contributed by atoms with van der Waals surface area (Å²) in [6, 6.07) is 9.05. The topological polar surface area (TPSA) is 52.6 Å². The van der Waals surface area contributed by atoms with Crippen LogP contribution in [-0.4, -0.2) is 17.5 Å². The summed E-state index contributed by atoms with van der Waals surface area (Å²) in [6.07, 6.45) is 0. The molecule has 0 aromatic heterocycles. The van der Waals surface area contributed by atoms with Gasteiger partial charge in [0.25, 0.3) is 0 Å². The van der Waals surface area contributed by atoms with Gasteiger partial charge in [-0.3, -0.25) is 4.79 Å². The zero-order chi connectivity index (χ0) is 13.3. The van der Waals surface area contributed by atoms with Crippen molar-refractivity contribution in [3.05, 3.63) is 41.5 Å². The first-order valence-electron chi connectivity index (χ1n) is 5.64. The highest BCUT2D eigenvalue weighted by Gasteiger charge is 2.38. The lowest BCUT2D eigenvalue weighted by Gasteiger charge is -2.32. The first kappa shape index (κ1) is 12.4. The highest BCUT2D eigenvalue weighted by atomic mass is 16.7. The standard InChI is InChI=1S/C14H14O4/c1-9(15)11-12(10-7-5-4-6-8-10)17-14(2,3)18-13(11)16/h4-8H,1-3H3. The van der Waals surface area contributed by atoms with Gasteiger partial charge >= 0.3 is 5.97 Å². The van der Waals surface area contributed by atoms with E-state index in [1.54, 1.807) is 26.0 Å². The van der Waals surface area contributed by atoms with Crippen LogP contribution in [0.25, 0.3) is 5.76 Å². The van der Waals surface area contributed by atoms with Crippen molar-refractivity contribution in [3.63, 3.8) is 0 Å². The molecule has 1 aromatic carbocycles. The number of rotatable bonds is 2. The van der Waals surface area contributed by atoms with Crippen LogP contribution >= 0.6 is 0 Å². The summed E-state index contributed by atoms with van der Waals surface area (Å²) in [7, 11) is 0. The van der Waals surface area contributed by atoms with Crippen molar-refractivity contribution >= 4 is 17.5 Å². The van der Waals surface area contributed by atoms with E-state index >= 15 is 0 Å². The second kappa shape index (κ2) is 4.29. The van der Waals surface area contributed by atoms with E-state index in [2.05, 4.69) is 0 Å². The Balaban J connectivity index is 2.59. The molecule has 94 valence electrons. The molecule has 0 radical (unpaired) electrons. The predicted octanol–water partition coefficient (Wildman–Crippen LogP) is 2.30. The second-order valence-electron chi connectivity index (χ2n) is 4.52. The molecule has 0 atom stereocenters. The van der Waals surface area contributed by atoms with Crippen LogP contribution in [0, 0.1) is 0 Å². The van der Waals surface area contributed by atoms with Crippen LogP contribution in [0.4, 0.5) is 0 Å². The Morgan fingerprint density at radius 2 is 1.72 bits per heavy atom. The Bertz CT molecular complexity index is 526. The number of hydrogen-bond acceptors (Lipinski definition) is 4. The maximum Gasteiger partial charge on any atom is 0.348 e. The number of carbonyl (C=O) groups is 2. The summed E-state index contributed by atoms with van der Waals surface area (Å²) < 4.78 is 10.7. The first-order chi connectivity index (χ1) is 8.41. The fraction of sp³-hybridized carbons (Fsp3) is 0.286. The van der Waals surface area contributed by atoms with Gasteiger partial charge in [-0.1, -0.05) is 30.3 Å². The maximum absolute atomic E-state index is 11.9. The van der Waals surface area contributed by atoms with Crippen molar-refractivity contribution in [1.82, 2.24) is 0 Å². The molecule has 1 aliphatic heterocycles. The Kier molecular flexibility index (Phi) is 2.95. The van der Waals surface area contributed by atoms with Crippen molar-refractivity contribution in [3.8, 4) is 0 Å². The summed E-state index contributed by atoms with van der Waals surface area (Å²) in [4.78, 5) is 23.4. The third-order valence-corrected chi connectivity index (χ3v) is 2.51. The van der Waals surface area contributed by atoms with E-state index in [0.29, 0.717) is 5.56 Å². The molecule has 18 heavy (non-hydrogen) atoms. The molecule has 2 rings (SSSR count). The smallest absolute Gasteiger partial charge is 0.348 e. The van der Waals surface area contributed by atoms with Gasteiger partial charge in [-0.15, -0.1) is 0 Å². The summed E-state index contributed by atoms with van der Waals surface area (Å²) in [5, 5.41) is 0. The highest BCUT2D eigenvalue weighted by Crippen LogP contribution is 2.33. The van der Waals surface area contributed by atoms with Gasteiger partial charge in [-0.2, -0.15) is 0 Å². The van der Waals surface area contributed by atoms with E-state index < -0.39 is 11.8 Å². The highest BCUT2D eigenvalue weighted by molar-refractivity contribution is 6.21. The Morgan fingerprint density at radius 3 is 2.28 bits per heavy atom. The minimum Gasteiger partial charge on any atom is -0.451 e. The number of ether oxygens (including phenoxy) is 2. The normalized spacial score (nSPS) is 18.1. The molecule has 0 saturated carbocycles. The van der Waals surface area contributed by atoms with Gasteiger partial charge in [-0.05, 0) is 6.92 Å². The van der Waals surface area contributed by atoms with Crippen LogP contribution in [0.5, 0.6) is 0 Å². The summed E-state index contributed by atoms with van der Waals surface area (Å²) >= 11 is 0. The maximum atomic E-state index is 11.9. The number of ketones is 1. The monoisotopic (exact) mass is 246 g/mol. The molecule has 1 heterocycles. The van der Waals surface area contributed by atoms with Crippen LogP contribution in [0.3, 0.4) is 0 Å². The van der Waals surface area contributed by atoms with Crippen LogP contribution in [-0.2, 0) is 19.1 Å². The third-order valence-electron chi connectivity index (χ3n) is 2.51. The van der Waals surface area contributed by atoms with Gasteiger partial charge in [0.15, 0.2) is 5.78 Å². The lowest BCUT2D eigenvalue weighted by molar-refractivity contribution is -0.195. The Labute approximate surface area is 105 Å². The lowest BCUT2D eigenvalue weighted by Crippen LogP contribution is -2.38. The van der Waals surface area contributed by atoms with Crippen LogP contribution < -0.4 is 0 Å². The molecular formula is C14H14O4. The Morgan fingerprint density at radius 1 is 1.11 bits per heavy atom. The predicted molar refractivity (Wildman–Crippen MR) is 65.3 cm³/mol. The van der Waals surface area contributed by atoms with E-state index in [0.717, 1.165) is 0 Å². The van der Waals surface area contributed by atoms with Gasteiger partial charge in [-0.25, -0.2) is 4.79 Å². The molecule has 0 aliphatic carbocycles. The van der Waals surface area contributed by atoms with E-state index in [4.69, 9.17) is 9.47 Å². The van der Waals surface area contributed by atoms with Crippen molar-refractivity contribution in [2.75, 3.05) is 0 Å². The second-order valence-corrected chi connectivity index (χ2v) is 4.52. The molecule has 0 spiro atoms. The van der Waals surface area contributed by atoms with Gasteiger partial charge in [0.1, 0.15) is 11.3 Å². The summed E-state index contributed by atoms with van der Waals surface area (Å²) in [5.74, 6) is -1.79. The minimum atomic E-state index is -1.07.